The molecule has 4 aliphatic carbocycles. The number of hydrogen-bond acceptors (Lipinski definition) is 2. The first kappa shape index (κ1) is 24.3. The summed E-state index contributed by atoms with van der Waals surface area (Å²) in [4.78, 5) is 11.9. The zero-order chi connectivity index (χ0) is 23.1. The van der Waals surface area contributed by atoms with E-state index in [0.29, 0.717) is 17.3 Å². The molecule has 0 spiro atoms. The van der Waals surface area contributed by atoms with E-state index in [1.54, 1.807) is 5.57 Å². The molecule has 0 amide bonds. The van der Waals surface area contributed by atoms with Gasteiger partial charge in [0.15, 0.2) is 0 Å². The van der Waals surface area contributed by atoms with Crippen LogP contribution in [0.3, 0.4) is 0 Å². The summed E-state index contributed by atoms with van der Waals surface area (Å²) in [6.07, 6.45) is 17.8. The Balaban J connectivity index is 1.45. The lowest BCUT2D eigenvalue weighted by atomic mass is 9.47. The van der Waals surface area contributed by atoms with Crippen LogP contribution >= 0.6 is 0 Å². The second-order valence-corrected chi connectivity index (χ2v) is 13.0. The quantitative estimate of drug-likeness (QED) is 0.292. The Labute approximate surface area is 198 Å². The highest BCUT2D eigenvalue weighted by atomic mass is 16.5. The van der Waals surface area contributed by atoms with Crippen molar-refractivity contribution in [3.8, 4) is 0 Å². The van der Waals surface area contributed by atoms with Gasteiger partial charge in [0, 0.05) is 12.8 Å². The van der Waals surface area contributed by atoms with Crippen LogP contribution in [0.4, 0.5) is 0 Å². The van der Waals surface area contributed by atoms with Crippen molar-refractivity contribution in [2.45, 2.75) is 125 Å². The molecule has 0 unspecified atom stereocenters. The first-order chi connectivity index (χ1) is 15.2. The predicted octanol–water partition coefficient (Wildman–Crippen LogP) is 8.35. The van der Waals surface area contributed by atoms with E-state index in [4.69, 9.17) is 4.74 Å². The molecule has 8 atom stereocenters. The van der Waals surface area contributed by atoms with Crippen molar-refractivity contribution < 1.29 is 9.53 Å². The fourth-order valence-corrected chi connectivity index (χ4v) is 9.02. The number of fused-ring (bicyclic) bond motifs is 5. The summed E-state index contributed by atoms with van der Waals surface area (Å²) in [5.74, 6) is 5.28. The lowest BCUT2D eigenvalue weighted by Crippen LogP contribution is -2.51. The maximum atomic E-state index is 11.9. The van der Waals surface area contributed by atoms with Crippen LogP contribution in [-0.4, -0.2) is 12.1 Å². The van der Waals surface area contributed by atoms with E-state index < -0.39 is 0 Å². The first-order valence-corrected chi connectivity index (χ1v) is 14.1. The van der Waals surface area contributed by atoms with Gasteiger partial charge in [0.1, 0.15) is 6.10 Å². The largest absolute Gasteiger partial charge is 0.462 e. The normalized spacial score (nSPS) is 42.0. The minimum absolute atomic E-state index is 0.0270. The minimum Gasteiger partial charge on any atom is -0.462 e. The molecule has 0 heterocycles. The number of rotatable bonds is 7. The number of allylic oxidation sites excluding steroid dienone is 1. The van der Waals surface area contributed by atoms with E-state index in [2.05, 4.69) is 40.7 Å². The highest BCUT2D eigenvalue weighted by molar-refractivity contribution is 5.69. The van der Waals surface area contributed by atoms with Crippen LogP contribution in [0.1, 0.15) is 119 Å². The fourth-order valence-electron chi connectivity index (χ4n) is 9.02. The topological polar surface area (TPSA) is 26.3 Å². The third-order valence-electron chi connectivity index (χ3n) is 10.8. The Morgan fingerprint density at radius 3 is 2.56 bits per heavy atom. The number of carbonyl (C=O) groups is 1. The predicted molar refractivity (Wildman–Crippen MR) is 133 cm³/mol. The molecule has 4 rings (SSSR count). The summed E-state index contributed by atoms with van der Waals surface area (Å²) < 4.78 is 5.76. The van der Waals surface area contributed by atoms with Crippen LogP contribution in [0.25, 0.3) is 0 Å². The van der Waals surface area contributed by atoms with Crippen molar-refractivity contribution in [3.63, 3.8) is 0 Å². The third-order valence-corrected chi connectivity index (χ3v) is 10.8. The van der Waals surface area contributed by atoms with Gasteiger partial charge in [-0.25, -0.2) is 0 Å². The Morgan fingerprint density at radius 1 is 1.06 bits per heavy atom. The van der Waals surface area contributed by atoms with Crippen molar-refractivity contribution in [1.82, 2.24) is 0 Å². The van der Waals surface area contributed by atoms with Gasteiger partial charge in [0.25, 0.3) is 0 Å². The van der Waals surface area contributed by atoms with Crippen molar-refractivity contribution in [2.75, 3.05) is 0 Å². The molecule has 182 valence electrons. The van der Waals surface area contributed by atoms with Crippen LogP contribution in [-0.2, 0) is 9.53 Å². The SMILES string of the molecule is CCC(=O)O[C@@H]1CC[C@@]2(C)C(=CC[C@H]3[C@@H]4CC[C@H]([C@@H](C)CCCC(C)C)[C@@]4(C)CC[C@@H]32)C1. The molecule has 0 radical (unpaired) electrons. The molecular formula is C30H50O2. The van der Waals surface area contributed by atoms with E-state index in [1.807, 2.05) is 6.92 Å². The summed E-state index contributed by atoms with van der Waals surface area (Å²) in [7, 11) is 0. The average Bonchev–Trinajstić information content (AvgIpc) is 3.11. The maximum Gasteiger partial charge on any atom is 0.305 e. The van der Waals surface area contributed by atoms with E-state index in [1.165, 1.54) is 57.8 Å². The molecule has 32 heavy (non-hydrogen) atoms. The van der Waals surface area contributed by atoms with E-state index in [-0.39, 0.29) is 12.1 Å². The Kier molecular flexibility index (Phi) is 7.19. The number of esters is 1. The number of hydrogen-bond donors (Lipinski definition) is 0. The number of ether oxygens (including phenoxy) is 1. The Hall–Kier alpha value is -0.790. The minimum atomic E-state index is -0.0270. The summed E-state index contributed by atoms with van der Waals surface area (Å²) in [6, 6.07) is 0. The molecular weight excluding hydrogens is 392 g/mol. The van der Waals surface area contributed by atoms with Crippen LogP contribution in [0, 0.1) is 46.3 Å². The molecule has 0 bridgehead atoms. The average molecular weight is 443 g/mol. The molecule has 0 aromatic rings. The summed E-state index contributed by atoms with van der Waals surface area (Å²) in [5.41, 5.74) is 2.54. The highest BCUT2D eigenvalue weighted by Crippen LogP contribution is 2.67. The smallest absolute Gasteiger partial charge is 0.305 e. The van der Waals surface area contributed by atoms with Gasteiger partial charge in [0.05, 0.1) is 0 Å². The molecule has 0 aliphatic heterocycles. The lowest BCUT2D eigenvalue weighted by Gasteiger charge is -2.58. The second-order valence-electron chi connectivity index (χ2n) is 13.0. The monoisotopic (exact) mass is 442 g/mol. The summed E-state index contributed by atoms with van der Waals surface area (Å²) >= 11 is 0. The van der Waals surface area contributed by atoms with E-state index in [9.17, 15) is 4.79 Å². The summed E-state index contributed by atoms with van der Waals surface area (Å²) in [6.45, 7) is 14.5. The van der Waals surface area contributed by atoms with Crippen molar-refractivity contribution in [2.24, 2.45) is 46.3 Å². The zero-order valence-corrected chi connectivity index (χ0v) is 21.9. The molecule has 0 N–H and O–H groups in total. The van der Waals surface area contributed by atoms with Gasteiger partial charge in [-0.2, -0.15) is 0 Å². The molecule has 3 fully saturated rings. The van der Waals surface area contributed by atoms with Gasteiger partial charge in [-0.15, -0.1) is 0 Å². The first-order valence-electron chi connectivity index (χ1n) is 14.1. The number of carbonyl (C=O) groups excluding carboxylic acids is 1. The Bertz CT molecular complexity index is 708. The highest BCUT2D eigenvalue weighted by Gasteiger charge is 2.59. The van der Waals surface area contributed by atoms with Gasteiger partial charge < -0.3 is 4.74 Å². The second kappa shape index (κ2) is 9.46. The Morgan fingerprint density at radius 2 is 1.84 bits per heavy atom. The van der Waals surface area contributed by atoms with Crippen LogP contribution in [0.5, 0.6) is 0 Å². The van der Waals surface area contributed by atoms with Crippen molar-refractivity contribution in [1.29, 1.82) is 0 Å². The van der Waals surface area contributed by atoms with Crippen LogP contribution in [0.2, 0.25) is 0 Å². The standard InChI is InChI=1S/C30H50O2/c1-7-28(31)32-23-15-17-29(5)22(19-23)11-12-24-26-14-13-25(21(4)10-8-9-20(2)3)30(26,6)18-16-27(24)29/h11,20-21,23-27H,7-10,12-19H2,1-6H3/t21-,23+,24-,25+,26-,27-,29-,30+/m0/s1. The van der Waals surface area contributed by atoms with Crippen molar-refractivity contribution >= 4 is 5.97 Å². The molecule has 3 saturated carbocycles. The molecule has 2 nitrogen and oxygen atoms in total. The fraction of sp³-hybridized carbons (Fsp3) is 0.900. The van der Waals surface area contributed by atoms with E-state index >= 15 is 0 Å². The van der Waals surface area contributed by atoms with Crippen molar-refractivity contribution in [3.05, 3.63) is 11.6 Å². The van der Waals surface area contributed by atoms with E-state index in [0.717, 1.165) is 48.3 Å². The zero-order valence-electron chi connectivity index (χ0n) is 21.9. The summed E-state index contributed by atoms with van der Waals surface area (Å²) in [5, 5.41) is 0. The molecule has 0 saturated heterocycles. The maximum absolute atomic E-state index is 11.9. The molecule has 0 aromatic heterocycles. The molecule has 4 aliphatic rings. The van der Waals surface area contributed by atoms with Crippen LogP contribution in [0.15, 0.2) is 11.6 Å². The van der Waals surface area contributed by atoms with Gasteiger partial charge in [-0.05, 0) is 91.3 Å². The van der Waals surface area contributed by atoms with Gasteiger partial charge in [-0.3, -0.25) is 4.79 Å². The molecule has 2 heteroatoms. The lowest BCUT2D eigenvalue weighted by molar-refractivity contribution is -0.151. The van der Waals surface area contributed by atoms with Gasteiger partial charge in [-0.1, -0.05) is 72.5 Å². The van der Waals surface area contributed by atoms with Gasteiger partial charge in [0.2, 0.25) is 0 Å². The third kappa shape index (κ3) is 4.34. The van der Waals surface area contributed by atoms with Crippen LogP contribution < -0.4 is 0 Å². The van der Waals surface area contributed by atoms with Gasteiger partial charge >= 0.3 is 5.97 Å². The molecule has 0 aromatic carbocycles.